The van der Waals surface area contributed by atoms with Gasteiger partial charge in [-0.25, -0.2) is 9.59 Å². The molecule has 2 fully saturated rings. The number of likely N-dealkylation sites (tertiary alicyclic amines) is 1. The Morgan fingerprint density at radius 2 is 2.03 bits per heavy atom. The Morgan fingerprint density at radius 1 is 1.17 bits per heavy atom. The molecule has 7 heteroatoms. The van der Waals surface area contributed by atoms with Crippen molar-refractivity contribution in [3.05, 3.63) is 53.6 Å². The second-order valence-electron chi connectivity index (χ2n) is 8.40. The number of nitrogens with one attached hydrogen (secondary N) is 1. The molecule has 0 bridgehead atoms. The first-order valence-electron chi connectivity index (χ1n) is 10.4. The van der Waals surface area contributed by atoms with Crippen LogP contribution in [0.15, 0.2) is 42.5 Å². The van der Waals surface area contributed by atoms with Crippen LogP contribution in [0.25, 0.3) is 0 Å². The zero-order valence-electron chi connectivity index (χ0n) is 17.3. The van der Waals surface area contributed by atoms with Crippen molar-refractivity contribution in [2.24, 2.45) is 0 Å². The van der Waals surface area contributed by atoms with E-state index in [9.17, 15) is 9.59 Å². The zero-order chi connectivity index (χ0) is 20.8. The lowest BCUT2D eigenvalue weighted by Gasteiger charge is -2.36. The number of ether oxygens (including phenoxy) is 1. The molecule has 30 heavy (non-hydrogen) atoms. The molecule has 1 N–H and O–H groups in total. The minimum absolute atomic E-state index is 0.127. The summed E-state index contributed by atoms with van der Waals surface area (Å²) in [6.45, 7) is 4.94. The smallest absolute Gasteiger partial charge is 0.414 e. The number of fused-ring (bicyclic) bond motifs is 3. The van der Waals surface area contributed by atoms with Crippen LogP contribution in [0.4, 0.5) is 26.7 Å². The summed E-state index contributed by atoms with van der Waals surface area (Å²) in [5.74, 6) is 0.329. The second kappa shape index (κ2) is 7.32. The topological polar surface area (TPSA) is 65.1 Å². The molecule has 0 aromatic heterocycles. The quantitative estimate of drug-likeness (QED) is 0.824. The lowest BCUT2D eigenvalue weighted by Crippen LogP contribution is -2.48. The number of carbonyl (C=O) groups excluding carboxylic acids is 2. The maximum Gasteiger partial charge on any atom is 0.414 e. The number of cyclic esters (lactones) is 1. The molecule has 0 saturated carbocycles. The Kier molecular flexibility index (Phi) is 4.62. The molecule has 3 amide bonds. The average Bonchev–Trinajstić information content (AvgIpc) is 3.29. The predicted molar refractivity (Wildman–Crippen MR) is 116 cm³/mol. The van der Waals surface area contributed by atoms with E-state index in [1.165, 1.54) is 11.1 Å². The van der Waals surface area contributed by atoms with Crippen molar-refractivity contribution in [1.29, 1.82) is 0 Å². The van der Waals surface area contributed by atoms with Crippen LogP contribution in [0.1, 0.15) is 23.5 Å². The van der Waals surface area contributed by atoms with Gasteiger partial charge in [0.25, 0.3) is 0 Å². The van der Waals surface area contributed by atoms with Gasteiger partial charge in [-0.2, -0.15) is 0 Å². The minimum atomic E-state index is -0.350. The molecular weight excluding hydrogens is 380 g/mol. The standard InChI is InChI=1S/C23H26N4O3/c1-15-6-7-20-18(12-15)19-14-25(2)9-8-21(19)27(20)22(28)24-16-4-3-5-17(13-16)26-10-11-30-23(26)29/h3-7,12-13,19,21H,8-11,14H2,1-2H3,(H,24,28). The first-order chi connectivity index (χ1) is 14.5. The van der Waals surface area contributed by atoms with Crippen LogP contribution in [-0.2, 0) is 4.74 Å². The molecule has 2 atom stereocenters. The summed E-state index contributed by atoms with van der Waals surface area (Å²) in [5.41, 5.74) is 4.87. The highest BCUT2D eigenvalue weighted by molar-refractivity contribution is 6.04. The molecule has 0 spiro atoms. The second-order valence-corrected chi connectivity index (χ2v) is 8.40. The maximum absolute atomic E-state index is 13.4. The van der Waals surface area contributed by atoms with E-state index in [0.717, 1.165) is 30.9 Å². The molecule has 7 nitrogen and oxygen atoms in total. The van der Waals surface area contributed by atoms with Gasteiger partial charge in [0, 0.05) is 35.6 Å². The summed E-state index contributed by atoms with van der Waals surface area (Å²) in [5, 5.41) is 3.06. The van der Waals surface area contributed by atoms with E-state index in [1.54, 1.807) is 4.90 Å². The van der Waals surface area contributed by atoms with Gasteiger partial charge >= 0.3 is 12.1 Å². The van der Waals surface area contributed by atoms with Crippen LogP contribution in [0, 0.1) is 6.92 Å². The molecule has 2 saturated heterocycles. The lowest BCUT2D eigenvalue weighted by atomic mass is 9.89. The molecule has 2 aromatic carbocycles. The van der Waals surface area contributed by atoms with Gasteiger partial charge in [0.2, 0.25) is 0 Å². The van der Waals surface area contributed by atoms with Gasteiger partial charge in [-0.05, 0) is 56.8 Å². The van der Waals surface area contributed by atoms with Gasteiger partial charge < -0.3 is 15.0 Å². The van der Waals surface area contributed by atoms with Gasteiger partial charge in [0.05, 0.1) is 6.54 Å². The Balaban J connectivity index is 1.42. The number of likely N-dealkylation sites (N-methyl/N-ethyl adjacent to an activating group) is 1. The van der Waals surface area contributed by atoms with Crippen molar-refractivity contribution in [3.8, 4) is 0 Å². The third-order valence-corrected chi connectivity index (χ3v) is 6.34. The fourth-order valence-corrected chi connectivity index (χ4v) is 4.91. The molecule has 156 valence electrons. The van der Waals surface area contributed by atoms with Crippen LogP contribution in [-0.4, -0.2) is 56.4 Å². The van der Waals surface area contributed by atoms with Crippen molar-refractivity contribution < 1.29 is 14.3 Å². The van der Waals surface area contributed by atoms with Gasteiger partial charge in [-0.15, -0.1) is 0 Å². The highest BCUT2D eigenvalue weighted by Gasteiger charge is 2.44. The maximum atomic E-state index is 13.4. The SMILES string of the molecule is Cc1ccc2c(c1)C1CN(C)CCC1N2C(=O)Nc1cccc(N2CCOC2=O)c1. The molecule has 3 heterocycles. The monoisotopic (exact) mass is 406 g/mol. The van der Waals surface area contributed by atoms with Crippen molar-refractivity contribution in [2.45, 2.75) is 25.3 Å². The number of nitrogens with zero attached hydrogens (tertiary/aromatic N) is 3. The number of carbonyl (C=O) groups is 2. The molecule has 2 aromatic rings. The largest absolute Gasteiger partial charge is 0.447 e. The van der Waals surface area contributed by atoms with Gasteiger partial charge in [-0.3, -0.25) is 9.80 Å². The first kappa shape index (κ1) is 18.9. The molecule has 2 unspecified atom stereocenters. The van der Waals surface area contributed by atoms with E-state index in [-0.39, 0.29) is 18.2 Å². The van der Waals surface area contributed by atoms with E-state index in [4.69, 9.17) is 4.74 Å². The van der Waals surface area contributed by atoms with E-state index < -0.39 is 0 Å². The summed E-state index contributed by atoms with van der Waals surface area (Å²) >= 11 is 0. The average molecular weight is 406 g/mol. The fraction of sp³-hybridized carbons (Fsp3) is 0.391. The van der Waals surface area contributed by atoms with Crippen LogP contribution in [0.3, 0.4) is 0 Å². The number of benzene rings is 2. The number of hydrogen-bond acceptors (Lipinski definition) is 4. The molecular formula is C23H26N4O3. The van der Waals surface area contributed by atoms with Crippen LogP contribution in [0.2, 0.25) is 0 Å². The Labute approximate surface area is 176 Å². The Bertz CT molecular complexity index is 1010. The number of urea groups is 1. The van der Waals surface area contributed by atoms with Gasteiger partial charge in [0.1, 0.15) is 6.61 Å². The third-order valence-electron chi connectivity index (χ3n) is 6.34. The highest BCUT2D eigenvalue weighted by atomic mass is 16.6. The third kappa shape index (κ3) is 3.19. The number of rotatable bonds is 2. The summed E-state index contributed by atoms with van der Waals surface area (Å²) in [4.78, 5) is 31.1. The first-order valence-corrected chi connectivity index (χ1v) is 10.4. The van der Waals surface area contributed by atoms with Crippen molar-refractivity contribution in [3.63, 3.8) is 0 Å². The molecule has 3 aliphatic rings. The number of anilines is 3. The lowest BCUT2D eigenvalue weighted by molar-refractivity contribution is 0.181. The van der Waals surface area contributed by atoms with E-state index >= 15 is 0 Å². The van der Waals surface area contributed by atoms with Crippen molar-refractivity contribution >= 4 is 29.2 Å². The summed E-state index contributed by atoms with van der Waals surface area (Å²) in [7, 11) is 2.14. The van der Waals surface area contributed by atoms with Crippen molar-refractivity contribution in [1.82, 2.24) is 4.90 Å². The predicted octanol–water partition coefficient (Wildman–Crippen LogP) is 3.79. The van der Waals surface area contributed by atoms with Crippen molar-refractivity contribution in [2.75, 3.05) is 48.4 Å². The van der Waals surface area contributed by atoms with Crippen LogP contribution in [0.5, 0.6) is 0 Å². The van der Waals surface area contributed by atoms with E-state index in [1.807, 2.05) is 29.2 Å². The van der Waals surface area contributed by atoms with E-state index in [0.29, 0.717) is 24.8 Å². The van der Waals surface area contributed by atoms with Crippen LogP contribution >= 0.6 is 0 Å². The number of aryl methyl sites for hydroxylation is 1. The van der Waals surface area contributed by atoms with Gasteiger partial charge in [0.15, 0.2) is 0 Å². The molecule has 0 aliphatic carbocycles. The number of hydrogen-bond donors (Lipinski definition) is 1. The molecule has 0 radical (unpaired) electrons. The zero-order valence-corrected chi connectivity index (χ0v) is 17.3. The Morgan fingerprint density at radius 3 is 2.83 bits per heavy atom. The van der Waals surface area contributed by atoms with Crippen LogP contribution < -0.4 is 15.1 Å². The van der Waals surface area contributed by atoms with E-state index in [2.05, 4.69) is 42.4 Å². The summed E-state index contributed by atoms with van der Waals surface area (Å²) in [6.07, 6.45) is 0.596. The fourth-order valence-electron chi connectivity index (χ4n) is 4.91. The molecule has 5 rings (SSSR count). The van der Waals surface area contributed by atoms with Gasteiger partial charge in [-0.1, -0.05) is 23.8 Å². The normalized spacial score (nSPS) is 23.2. The highest BCUT2D eigenvalue weighted by Crippen LogP contribution is 2.45. The Hall–Kier alpha value is -3.06. The summed E-state index contributed by atoms with van der Waals surface area (Å²) < 4.78 is 5.03. The minimum Gasteiger partial charge on any atom is -0.447 e. The number of amides is 3. The number of piperidine rings is 1. The summed E-state index contributed by atoms with van der Waals surface area (Å²) in [6, 6.07) is 13.8. The molecule has 3 aliphatic heterocycles.